The number of aromatic nitrogens is 3. The Balaban J connectivity index is 1.21. The highest BCUT2D eigenvalue weighted by Gasteiger charge is 2.47. The molecule has 2 fully saturated rings. The normalized spacial score (nSPS) is 20.2. The van der Waals surface area contributed by atoms with Crippen molar-refractivity contribution >= 4 is 17.6 Å². The number of carbonyl (C=O) groups is 2. The number of carbonyl (C=O) groups excluding carboxylic acids is 2. The van der Waals surface area contributed by atoms with Crippen LogP contribution >= 0.6 is 0 Å². The number of hydrogen-bond donors (Lipinski definition) is 0. The third-order valence-corrected chi connectivity index (χ3v) is 5.83. The van der Waals surface area contributed by atoms with Gasteiger partial charge >= 0.3 is 12.4 Å². The van der Waals surface area contributed by atoms with Crippen LogP contribution in [0.3, 0.4) is 0 Å². The molecule has 0 bridgehead atoms. The van der Waals surface area contributed by atoms with Crippen LogP contribution in [0.15, 0.2) is 55.0 Å². The molecule has 2 aromatic heterocycles. The number of aryl methyl sites for hydroxylation is 1. The minimum Gasteiger partial charge on any atom is -0.490 e. The van der Waals surface area contributed by atoms with Crippen molar-refractivity contribution < 1.29 is 32.2 Å². The Morgan fingerprint density at radius 2 is 1.89 bits per heavy atom. The maximum absolute atomic E-state index is 12.9. The van der Waals surface area contributed by atoms with Crippen LogP contribution < -0.4 is 14.4 Å². The second-order valence-corrected chi connectivity index (χ2v) is 8.32. The summed E-state index contributed by atoms with van der Waals surface area (Å²) in [6.07, 6.45) is 1.03. The fourth-order valence-corrected chi connectivity index (χ4v) is 4.16. The number of hydrogen-bond acceptors (Lipinski definition) is 6. The van der Waals surface area contributed by atoms with Crippen molar-refractivity contribution in [2.45, 2.75) is 31.3 Å². The Labute approximate surface area is 197 Å². The number of ether oxygens (including phenoxy) is 2. The monoisotopic (exact) mass is 487 g/mol. The van der Waals surface area contributed by atoms with E-state index in [0.717, 1.165) is 27.5 Å². The van der Waals surface area contributed by atoms with Crippen molar-refractivity contribution in [3.63, 3.8) is 0 Å². The maximum Gasteiger partial charge on any atom is 0.573 e. The topological polar surface area (TPSA) is 89.8 Å². The molecule has 0 radical (unpaired) electrons. The molecule has 3 amide bonds. The first-order valence-corrected chi connectivity index (χ1v) is 10.8. The summed E-state index contributed by atoms with van der Waals surface area (Å²) in [6.45, 7) is -0.255. The zero-order chi connectivity index (χ0) is 24.7. The summed E-state index contributed by atoms with van der Waals surface area (Å²) in [5.74, 6) is -0.262. The lowest BCUT2D eigenvalue weighted by molar-refractivity contribution is -0.274. The van der Waals surface area contributed by atoms with Gasteiger partial charge in [-0.3, -0.25) is 24.3 Å². The lowest BCUT2D eigenvalue weighted by Gasteiger charge is -2.39. The van der Waals surface area contributed by atoms with E-state index >= 15 is 0 Å². The number of rotatable bonds is 6. The average Bonchev–Trinajstić information content (AvgIpc) is 3.33. The minimum absolute atomic E-state index is 0.152. The third-order valence-electron chi connectivity index (χ3n) is 5.83. The van der Waals surface area contributed by atoms with Gasteiger partial charge in [0.15, 0.2) is 0 Å². The Bertz CT molecular complexity index is 1270. The minimum atomic E-state index is -4.86. The van der Waals surface area contributed by atoms with Gasteiger partial charge in [0.25, 0.3) is 5.91 Å². The summed E-state index contributed by atoms with van der Waals surface area (Å²) in [5, 5.41) is 4.13. The number of urea groups is 1. The zero-order valence-corrected chi connectivity index (χ0v) is 18.5. The van der Waals surface area contributed by atoms with Gasteiger partial charge in [-0.2, -0.15) is 5.10 Å². The first-order valence-electron chi connectivity index (χ1n) is 10.8. The number of anilines is 1. The SMILES string of the molecule is Cn1cc(-c2cc(O[C@H]3C[C@H](N4C(=O)CN(c5cccc(OC(F)(F)F)c5)C4=O)C3)ccn2)cn1. The van der Waals surface area contributed by atoms with E-state index in [1.165, 1.54) is 12.1 Å². The average molecular weight is 487 g/mol. The molecular weight excluding hydrogens is 467 g/mol. The van der Waals surface area contributed by atoms with Gasteiger partial charge in [-0.05, 0) is 18.2 Å². The van der Waals surface area contributed by atoms with Gasteiger partial charge in [0, 0.05) is 61.7 Å². The van der Waals surface area contributed by atoms with Gasteiger partial charge in [0.2, 0.25) is 0 Å². The molecule has 3 aromatic rings. The molecule has 0 unspecified atom stereocenters. The molecule has 9 nitrogen and oxygen atoms in total. The standard InChI is InChI=1S/C23H20F3N5O4/c1-29-12-14(11-28-29)20-10-17(5-6-27-20)34-19-8-16(9-19)31-21(32)13-30(22(31)33)15-3-2-4-18(7-15)35-23(24,25)26/h2-7,10-12,16,19H,8-9,13H2,1H3/t16-,19-. The number of pyridine rings is 1. The number of halogens is 3. The van der Waals surface area contributed by atoms with Gasteiger partial charge < -0.3 is 9.47 Å². The fourth-order valence-electron chi connectivity index (χ4n) is 4.16. The second kappa shape index (κ2) is 8.60. The van der Waals surface area contributed by atoms with Crippen LogP contribution in [0.2, 0.25) is 0 Å². The van der Waals surface area contributed by atoms with E-state index in [-0.39, 0.29) is 24.4 Å². The van der Waals surface area contributed by atoms with Crippen molar-refractivity contribution in [2.24, 2.45) is 7.05 Å². The second-order valence-electron chi connectivity index (χ2n) is 8.32. The van der Waals surface area contributed by atoms with Crippen LogP contribution in [0, 0.1) is 0 Å². The van der Waals surface area contributed by atoms with E-state index in [9.17, 15) is 22.8 Å². The van der Waals surface area contributed by atoms with Gasteiger partial charge in [-0.25, -0.2) is 4.79 Å². The van der Waals surface area contributed by atoms with Crippen LogP contribution in [0.5, 0.6) is 11.5 Å². The molecule has 1 aliphatic heterocycles. The van der Waals surface area contributed by atoms with Crippen LogP contribution in [0.25, 0.3) is 11.3 Å². The molecule has 0 atom stereocenters. The Hall–Kier alpha value is -4.09. The molecule has 182 valence electrons. The molecule has 35 heavy (non-hydrogen) atoms. The molecule has 1 saturated carbocycles. The van der Waals surface area contributed by atoms with E-state index < -0.39 is 24.1 Å². The molecule has 5 rings (SSSR count). The van der Waals surface area contributed by atoms with Crippen molar-refractivity contribution in [1.29, 1.82) is 0 Å². The molecule has 3 heterocycles. The number of amides is 3. The number of imide groups is 1. The Morgan fingerprint density at radius 1 is 1.09 bits per heavy atom. The molecule has 1 saturated heterocycles. The Morgan fingerprint density at radius 3 is 2.60 bits per heavy atom. The predicted molar refractivity (Wildman–Crippen MR) is 117 cm³/mol. The van der Waals surface area contributed by atoms with Gasteiger partial charge in [0.1, 0.15) is 24.1 Å². The van der Waals surface area contributed by atoms with E-state index in [0.29, 0.717) is 24.3 Å². The number of nitrogens with zero attached hydrogens (tertiary/aromatic N) is 5. The summed E-state index contributed by atoms with van der Waals surface area (Å²) < 4.78 is 49.2. The first kappa shape index (κ1) is 22.7. The molecule has 2 aliphatic rings. The molecule has 1 aliphatic carbocycles. The summed E-state index contributed by atoms with van der Waals surface area (Å²) in [5.41, 5.74) is 1.71. The Kier molecular flexibility index (Phi) is 5.58. The molecule has 1 aromatic carbocycles. The van der Waals surface area contributed by atoms with Crippen molar-refractivity contribution in [2.75, 3.05) is 11.4 Å². The predicted octanol–water partition coefficient (Wildman–Crippen LogP) is 3.76. The summed E-state index contributed by atoms with van der Waals surface area (Å²) in [7, 11) is 1.81. The molecular formula is C23H20F3N5O4. The zero-order valence-electron chi connectivity index (χ0n) is 18.5. The highest BCUT2D eigenvalue weighted by atomic mass is 19.4. The molecule has 12 heteroatoms. The van der Waals surface area contributed by atoms with Crippen molar-refractivity contribution in [3.05, 3.63) is 55.0 Å². The quantitative estimate of drug-likeness (QED) is 0.492. The molecule has 0 N–H and O–H groups in total. The lowest BCUT2D eigenvalue weighted by Crippen LogP contribution is -2.52. The molecule has 0 spiro atoms. The maximum atomic E-state index is 12.9. The number of alkyl halides is 3. The highest BCUT2D eigenvalue weighted by molar-refractivity contribution is 6.12. The lowest BCUT2D eigenvalue weighted by atomic mass is 9.88. The van der Waals surface area contributed by atoms with E-state index in [1.54, 1.807) is 29.2 Å². The smallest absolute Gasteiger partial charge is 0.490 e. The van der Waals surface area contributed by atoms with E-state index in [2.05, 4.69) is 14.8 Å². The van der Waals surface area contributed by atoms with Crippen LogP contribution in [-0.4, -0.2) is 56.7 Å². The van der Waals surface area contributed by atoms with Crippen LogP contribution in [-0.2, 0) is 11.8 Å². The summed E-state index contributed by atoms with van der Waals surface area (Å²) in [4.78, 5) is 32.1. The highest BCUT2D eigenvalue weighted by Crippen LogP contribution is 2.35. The van der Waals surface area contributed by atoms with Gasteiger partial charge in [-0.15, -0.1) is 13.2 Å². The summed E-state index contributed by atoms with van der Waals surface area (Å²) >= 11 is 0. The third kappa shape index (κ3) is 4.77. The van der Waals surface area contributed by atoms with Crippen molar-refractivity contribution in [1.82, 2.24) is 19.7 Å². The van der Waals surface area contributed by atoms with Gasteiger partial charge in [0.05, 0.1) is 11.9 Å². The van der Waals surface area contributed by atoms with E-state index in [4.69, 9.17) is 4.74 Å². The largest absolute Gasteiger partial charge is 0.573 e. The van der Waals surface area contributed by atoms with Crippen LogP contribution in [0.4, 0.5) is 23.7 Å². The number of benzene rings is 1. The summed E-state index contributed by atoms with van der Waals surface area (Å²) in [6, 6.07) is 7.60. The first-order chi connectivity index (χ1) is 16.7. The van der Waals surface area contributed by atoms with Crippen LogP contribution in [0.1, 0.15) is 12.8 Å². The van der Waals surface area contributed by atoms with E-state index in [1.807, 2.05) is 13.2 Å². The van der Waals surface area contributed by atoms with Crippen molar-refractivity contribution in [3.8, 4) is 22.8 Å². The van der Waals surface area contributed by atoms with Gasteiger partial charge in [-0.1, -0.05) is 6.07 Å². The fraction of sp³-hybridized carbons (Fsp3) is 0.304.